The molecule has 0 aliphatic heterocycles. The highest BCUT2D eigenvalue weighted by Gasteiger charge is 2.35. The number of nitriles is 1. The highest BCUT2D eigenvalue weighted by Crippen LogP contribution is 2.29. The van der Waals surface area contributed by atoms with E-state index in [1.165, 1.54) is 0 Å². The van der Waals surface area contributed by atoms with Crippen LogP contribution in [0.4, 0.5) is 0 Å². The van der Waals surface area contributed by atoms with E-state index in [4.69, 9.17) is 0 Å². The first-order valence-corrected chi connectivity index (χ1v) is 8.18. The molecule has 0 spiro atoms. The zero-order chi connectivity index (χ0) is 16.7. The lowest BCUT2D eigenvalue weighted by Crippen LogP contribution is -2.49. The predicted octanol–water partition coefficient (Wildman–Crippen LogP) is 1.99. The van der Waals surface area contributed by atoms with Gasteiger partial charge in [-0.3, -0.25) is 9.69 Å². The molecule has 0 aromatic heterocycles. The summed E-state index contributed by atoms with van der Waals surface area (Å²) in [5.41, 5.74) is 0.393. The SMILES string of the molecule is CN(CC(=O)NC1(C#N)CCCC1)C(CCO)c1ccccc1. The molecule has 124 valence electrons. The summed E-state index contributed by atoms with van der Waals surface area (Å²) in [6.07, 6.45) is 4.01. The summed E-state index contributed by atoms with van der Waals surface area (Å²) in [5.74, 6) is -0.130. The van der Waals surface area contributed by atoms with Crippen LogP contribution < -0.4 is 5.32 Å². The number of carbonyl (C=O) groups is 1. The Kier molecular flexibility index (Phi) is 6.14. The molecule has 1 atom stereocenters. The lowest BCUT2D eigenvalue weighted by Gasteiger charge is -2.29. The molecule has 0 bridgehead atoms. The minimum Gasteiger partial charge on any atom is -0.396 e. The lowest BCUT2D eigenvalue weighted by molar-refractivity contribution is -0.123. The van der Waals surface area contributed by atoms with E-state index in [1.54, 1.807) is 0 Å². The maximum absolute atomic E-state index is 12.3. The smallest absolute Gasteiger partial charge is 0.235 e. The van der Waals surface area contributed by atoms with Crippen LogP contribution in [0.2, 0.25) is 0 Å². The number of carbonyl (C=O) groups excluding carboxylic acids is 1. The molecular formula is C18H25N3O2. The maximum Gasteiger partial charge on any atom is 0.235 e. The normalized spacial score (nSPS) is 17.7. The fourth-order valence-electron chi connectivity index (χ4n) is 3.33. The quantitative estimate of drug-likeness (QED) is 0.807. The molecule has 1 amide bonds. The average molecular weight is 315 g/mol. The van der Waals surface area contributed by atoms with Gasteiger partial charge in [0, 0.05) is 12.6 Å². The number of amides is 1. The molecule has 5 heteroatoms. The summed E-state index contributed by atoms with van der Waals surface area (Å²) in [4.78, 5) is 14.3. The van der Waals surface area contributed by atoms with Crippen LogP contribution in [-0.2, 0) is 4.79 Å². The topological polar surface area (TPSA) is 76.4 Å². The first-order valence-electron chi connectivity index (χ1n) is 8.18. The Hall–Kier alpha value is -1.90. The van der Waals surface area contributed by atoms with Gasteiger partial charge in [0.05, 0.1) is 12.6 Å². The number of aliphatic hydroxyl groups is 1. The van der Waals surface area contributed by atoms with Gasteiger partial charge in [-0.05, 0) is 44.7 Å². The molecule has 1 unspecified atom stereocenters. The van der Waals surface area contributed by atoms with Crippen molar-refractivity contribution in [1.82, 2.24) is 10.2 Å². The molecule has 0 radical (unpaired) electrons. The van der Waals surface area contributed by atoms with Crippen LogP contribution in [0, 0.1) is 11.3 Å². The second-order valence-electron chi connectivity index (χ2n) is 6.30. The summed E-state index contributed by atoms with van der Waals surface area (Å²) >= 11 is 0. The summed E-state index contributed by atoms with van der Waals surface area (Å²) in [5, 5.41) is 21.6. The molecule has 1 fully saturated rings. The third kappa shape index (κ3) is 4.54. The minimum absolute atomic E-state index is 0.0198. The van der Waals surface area contributed by atoms with Crippen LogP contribution in [0.3, 0.4) is 0 Å². The molecule has 1 saturated carbocycles. The molecule has 5 nitrogen and oxygen atoms in total. The highest BCUT2D eigenvalue weighted by molar-refractivity contribution is 5.79. The highest BCUT2D eigenvalue weighted by atomic mass is 16.3. The van der Waals surface area contributed by atoms with Gasteiger partial charge in [0.2, 0.25) is 5.91 Å². The molecule has 2 N–H and O–H groups in total. The van der Waals surface area contributed by atoms with E-state index < -0.39 is 5.54 Å². The summed E-state index contributed by atoms with van der Waals surface area (Å²) in [6, 6.07) is 12.1. The molecule has 1 aliphatic rings. The van der Waals surface area contributed by atoms with Crippen molar-refractivity contribution in [2.75, 3.05) is 20.2 Å². The molecule has 0 saturated heterocycles. The minimum atomic E-state index is -0.683. The Labute approximate surface area is 137 Å². The fraction of sp³-hybridized carbons (Fsp3) is 0.556. The number of aliphatic hydroxyl groups excluding tert-OH is 1. The zero-order valence-corrected chi connectivity index (χ0v) is 13.7. The van der Waals surface area contributed by atoms with E-state index in [0.717, 1.165) is 31.2 Å². The number of hydrogen-bond donors (Lipinski definition) is 2. The number of nitrogens with one attached hydrogen (secondary N) is 1. The van der Waals surface area contributed by atoms with E-state index in [-0.39, 0.29) is 25.1 Å². The zero-order valence-electron chi connectivity index (χ0n) is 13.7. The number of benzene rings is 1. The van der Waals surface area contributed by atoms with Crippen molar-refractivity contribution in [2.45, 2.75) is 43.7 Å². The van der Waals surface area contributed by atoms with E-state index in [0.29, 0.717) is 6.42 Å². The second-order valence-corrected chi connectivity index (χ2v) is 6.30. The van der Waals surface area contributed by atoms with Gasteiger partial charge >= 0.3 is 0 Å². The summed E-state index contributed by atoms with van der Waals surface area (Å²) in [6.45, 7) is 0.274. The van der Waals surface area contributed by atoms with Crippen molar-refractivity contribution >= 4 is 5.91 Å². The van der Waals surface area contributed by atoms with Crippen molar-refractivity contribution in [2.24, 2.45) is 0 Å². The number of nitrogens with zero attached hydrogens (tertiary/aromatic N) is 2. The molecule has 2 rings (SSSR count). The van der Waals surface area contributed by atoms with E-state index >= 15 is 0 Å². The van der Waals surface area contributed by atoms with Crippen LogP contribution in [0.25, 0.3) is 0 Å². The van der Waals surface area contributed by atoms with Gasteiger partial charge in [0.15, 0.2) is 0 Å². The standard InChI is InChI=1S/C18H25N3O2/c1-21(16(9-12-22)15-7-3-2-4-8-15)13-17(23)20-18(14-19)10-5-6-11-18/h2-4,7-8,16,22H,5-6,9-13H2,1H3,(H,20,23). The van der Waals surface area contributed by atoms with Gasteiger partial charge in [0.25, 0.3) is 0 Å². The van der Waals surface area contributed by atoms with Gasteiger partial charge in [-0.15, -0.1) is 0 Å². The van der Waals surface area contributed by atoms with E-state index in [1.807, 2.05) is 42.3 Å². The Balaban J connectivity index is 1.99. The summed E-state index contributed by atoms with van der Waals surface area (Å²) in [7, 11) is 1.88. The van der Waals surface area contributed by atoms with E-state index in [2.05, 4.69) is 11.4 Å². The van der Waals surface area contributed by atoms with E-state index in [9.17, 15) is 15.2 Å². The van der Waals surface area contributed by atoms with Gasteiger partial charge < -0.3 is 10.4 Å². The lowest BCUT2D eigenvalue weighted by atomic mass is 9.99. The Morgan fingerprint density at radius 2 is 2.04 bits per heavy atom. The number of hydrogen-bond acceptors (Lipinski definition) is 4. The Morgan fingerprint density at radius 3 is 2.61 bits per heavy atom. The van der Waals surface area contributed by atoms with Crippen molar-refractivity contribution in [3.8, 4) is 6.07 Å². The molecule has 1 aromatic rings. The first kappa shape index (κ1) is 17.5. The van der Waals surface area contributed by atoms with Crippen LogP contribution >= 0.6 is 0 Å². The largest absolute Gasteiger partial charge is 0.396 e. The van der Waals surface area contributed by atoms with Gasteiger partial charge in [-0.25, -0.2) is 0 Å². The van der Waals surface area contributed by atoms with Crippen LogP contribution in [-0.4, -0.2) is 41.7 Å². The third-order valence-corrected chi connectivity index (χ3v) is 4.56. The Morgan fingerprint density at radius 1 is 1.39 bits per heavy atom. The van der Waals surface area contributed by atoms with Crippen LogP contribution in [0.1, 0.15) is 43.7 Å². The third-order valence-electron chi connectivity index (χ3n) is 4.56. The molecule has 1 aliphatic carbocycles. The van der Waals surface area contributed by atoms with Crippen molar-refractivity contribution in [3.63, 3.8) is 0 Å². The second kappa shape index (κ2) is 8.09. The fourth-order valence-corrected chi connectivity index (χ4v) is 3.33. The molecule has 1 aromatic carbocycles. The van der Waals surface area contributed by atoms with Crippen molar-refractivity contribution < 1.29 is 9.90 Å². The molecular weight excluding hydrogens is 290 g/mol. The van der Waals surface area contributed by atoms with Gasteiger partial charge in [0.1, 0.15) is 5.54 Å². The van der Waals surface area contributed by atoms with Crippen molar-refractivity contribution in [1.29, 1.82) is 5.26 Å². The average Bonchev–Trinajstić information content (AvgIpc) is 3.02. The number of rotatable bonds is 7. The monoisotopic (exact) mass is 315 g/mol. The predicted molar refractivity (Wildman–Crippen MR) is 88.5 cm³/mol. The summed E-state index contributed by atoms with van der Waals surface area (Å²) < 4.78 is 0. The maximum atomic E-state index is 12.3. The Bertz CT molecular complexity index is 547. The molecule has 23 heavy (non-hydrogen) atoms. The molecule has 0 heterocycles. The van der Waals surface area contributed by atoms with Crippen LogP contribution in [0.15, 0.2) is 30.3 Å². The van der Waals surface area contributed by atoms with Crippen molar-refractivity contribution in [3.05, 3.63) is 35.9 Å². The number of likely N-dealkylation sites (N-methyl/N-ethyl adjacent to an activating group) is 1. The van der Waals surface area contributed by atoms with Gasteiger partial charge in [-0.2, -0.15) is 5.26 Å². The van der Waals surface area contributed by atoms with Gasteiger partial charge in [-0.1, -0.05) is 30.3 Å². The first-order chi connectivity index (χ1) is 11.1. The van der Waals surface area contributed by atoms with Crippen LogP contribution in [0.5, 0.6) is 0 Å².